The summed E-state index contributed by atoms with van der Waals surface area (Å²) in [5.41, 5.74) is 0.579. The Hall–Kier alpha value is -2.87. The van der Waals surface area contributed by atoms with Crippen molar-refractivity contribution in [2.45, 2.75) is 82.8 Å². The molecule has 8 nitrogen and oxygen atoms in total. The van der Waals surface area contributed by atoms with Gasteiger partial charge in [0.1, 0.15) is 17.6 Å². The van der Waals surface area contributed by atoms with Crippen LogP contribution in [0.2, 0.25) is 0 Å². The number of rotatable bonds is 6. The van der Waals surface area contributed by atoms with Crippen molar-refractivity contribution in [3.63, 3.8) is 0 Å². The SMILES string of the molecule is Cc1cc(N[C@@H](C)C(F)(F)F)ncc1-c1sc(C(=O)N[C@@H]2CC[C@@H](O)C2)nc1C(=O)N1CC(F)(F)C[C@@H]1C. The lowest BCUT2D eigenvalue weighted by Crippen LogP contribution is -2.36. The zero-order valence-corrected chi connectivity index (χ0v) is 21.7. The number of aryl methyl sites for hydroxylation is 1. The number of anilines is 1. The van der Waals surface area contributed by atoms with E-state index in [1.54, 1.807) is 6.92 Å². The van der Waals surface area contributed by atoms with Gasteiger partial charge in [0, 0.05) is 30.3 Å². The van der Waals surface area contributed by atoms with Crippen LogP contribution >= 0.6 is 11.3 Å². The molecule has 1 saturated heterocycles. The number of nitrogens with zero attached hydrogens (tertiary/aromatic N) is 3. The highest BCUT2D eigenvalue weighted by molar-refractivity contribution is 7.17. The van der Waals surface area contributed by atoms with E-state index in [9.17, 15) is 36.6 Å². The molecular formula is C24H28F5N5O3S. The number of likely N-dealkylation sites (tertiary alicyclic amines) is 1. The summed E-state index contributed by atoms with van der Waals surface area (Å²) in [6.45, 7) is 3.26. The van der Waals surface area contributed by atoms with Crippen LogP contribution in [0.5, 0.6) is 0 Å². The minimum atomic E-state index is -4.49. The summed E-state index contributed by atoms with van der Waals surface area (Å²) in [6.07, 6.45) is -2.76. The molecule has 1 saturated carbocycles. The molecule has 0 unspecified atom stereocenters. The molecule has 208 valence electrons. The van der Waals surface area contributed by atoms with Gasteiger partial charge in [-0.05, 0) is 51.7 Å². The number of amides is 2. The standard InChI is InChI=1S/C24H28F5N5O3S/c1-11-6-17(31-13(3)24(27,28)29)30-9-16(11)19-18(22(37)34-10-23(25,26)8-12(34)2)33-21(38-19)20(36)32-14-4-5-15(35)7-14/h6,9,12-15,35H,4-5,7-8,10H2,1-3H3,(H,30,31)(H,32,36)/t12-,13-,14+,15+/m0/s1. The second-order valence-electron chi connectivity index (χ2n) is 9.97. The van der Waals surface area contributed by atoms with Crippen LogP contribution in [0.1, 0.15) is 65.4 Å². The molecule has 1 aliphatic carbocycles. The molecule has 38 heavy (non-hydrogen) atoms. The van der Waals surface area contributed by atoms with Crippen molar-refractivity contribution < 1.29 is 36.6 Å². The van der Waals surface area contributed by atoms with Crippen LogP contribution in [0.15, 0.2) is 12.3 Å². The summed E-state index contributed by atoms with van der Waals surface area (Å²) in [4.78, 5) is 35.9. The van der Waals surface area contributed by atoms with E-state index in [2.05, 4.69) is 20.6 Å². The molecule has 3 N–H and O–H groups in total. The van der Waals surface area contributed by atoms with Gasteiger partial charge in [0.25, 0.3) is 17.7 Å². The Morgan fingerprint density at radius 2 is 2.00 bits per heavy atom. The van der Waals surface area contributed by atoms with Gasteiger partial charge < -0.3 is 20.6 Å². The van der Waals surface area contributed by atoms with Crippen LogP contribution in [0.4, 0.5) is 27.8 Å². The highest BCUT2D eigenvalue weighted by Gasteiger charge is 2.46. The molecule has 2 aliphatic rings. The van der Waals surface area contributed by atoms with E-state index in [1.807, 2.05) is 0 Å². The minimum Gasteiger partial charge on any atom is -0.393 e. The van der Waals surface area contributed by atoms with Crippen molar-refractivity contribution in [1.82, 2.24) is 20.2 Å². The zero-order valence-electron chi connectivity index (χ0n) is 20.9. The fourth-order valence-corrected chi connectivity index (χ4v) is 5.71. The van der Waals surface area contributed by atoms with Crippen molar-refractivity contribution in [3.05, 3.63) is 28.5 Å². The molecule has 1 aliphatic heterocycles. The fourth-order valence-electron chi connectivity index (χ4n) is 4.68. The van der Waals surface area contributed by atoms with Gasteiger partial charge in [-0.3, -0.25) is 9.59 Å². The number of aromatic nitrogens is 2. The lowest BCUT2D eigenvalue weighted by molar-refractivity contribution is -0.138. The van der Waals surface area contributed by atoms with Gasteiger partial charge in [-0.2, -0.15) is 13.2 Å². The highest BCUT2D eigenvalue weighted by Crippen LogP contribution is 2.38. The second kappa shape index (κ2) is 10.4. The van der Waals surface area contributed by atoms with E-state index in [4.69, 9.17) is 0 Å². The number of hydrogen-bond donors (Lipinski definition) is 3. The Balaban J connectivity index is 1.68. The molecule has 2 aromatic heterocycles. The first-order valence-electron chi connectivity index (χ1n) is 12.1. The van der Waals surface area contributed by atoms with Crippen LogP contribution in [0.25, 0.3) is 10.4 Å². The van der Waals surface area contributed by atoms with E-state index in [1.165, 1.54) is 19.2 Å². The van der Waals surface area contributed by atoms with Crippen LogP contribution in [0.3, 0.4) is 0 Å². The Bertz CT molecular complexity index is 1220. The molecule has 4 rings (SSSR count). The molecule has 0 radical (unpaired) electrons. The summed E-state index contributed by atoms with van der Waals surface area (Å²) >= 11 is 0.870. The van der Waals surface area contributed by atoms with E-state index in [0.29, 0.717) is 30.4 Å². The molecular weight excluding hydrogens is 533 g/mol. The number of nitrogens with one attached hydrogen (secondary N) is 2. The quantitative estimate of drug-likeness (QED) is 0.452. The summed E-state index contributed by atoms with van der Waals surface area (Å²) in [6, 6.07) is -1.52. The number of pyridine rings is 1. The summed E-state index contributed by atoms with van der Waals surface area (Å²) < 4.78 is 67.0. The maximum atomic E-state index is 14.0. The van der Waals surface area contributed by atoms with Gasteiger partial charge >= 0.3 is 6.18 Å². The molecule has 2 aromatic rings. The molecule has 2 amide bonds. The largest absolute Gasteiger partial charge is 0.408 e. The Morgan fingerprint density at radius 3 is 2.55 bits per heavy atom. The number of alkyl halides is 5. The maximum absolute atomic E-state index is 14.0. The van der Waals surface area contributed by atoms with Crippen molar-refractivity contribution in [2.75, 3.05) is 11.9 Å². The normalized spacial score (nSPS) is 23.9. The number of aliphatic hydroxyl groups is 1. The first-order chi connectivity index (χ1) is 17.6. The Morgan fingerprint density at radius 1 is 1.29 bits per heavy atom. The van der Waals surface area contributed by atoms with Crippen molar-refractivity contribution in [3.8, 4) is 10.4 Å². The van der Waals surface area contributed by atoms with E-state index in [0.717, 1.165) is 23.2 Å². The van der Waals surface area contributed by atoms with Crippen molar-refractivity contribution in [1.29, 1.82) is 0 Å². The third-order valence-corrected chi connectivity index (χ3v) is 7.85. The van der Waals surface area contributed by atoms with Crippen LogP contribution in [-0.2, 0) is 0 Å². The van der Waals surface area contributed by atoms with Gasteiger partial charge in [-0.15, -0.1) is 11.3 Å². The number of hydrogen-bond acceptors (Lipinski definition) is 7. The molecule has 0 aromatic carbocycles. The third-order valence-electron chi connectivity index (χ3n) is 6.76. The molecule has 14 heteroatoms. The topological polar surface area (TPSA) is 107 Å². The van der Waals surface area contributed by atoms with E-state index < -0.39 is 55.1 Å². The molecule has 3 heterocycles. The second-order valence-corrected chi connectivity index (χ2v) is 11.0. The molecule has 0 bridgehead atoms. The Labute approximate surface area is 219 Å². The lowest BCUT2D eigenvalue weighted by atomic mass is 10.1. The van der Waals surface area contributed by atoms with Gasteiger partial charge in [0.05, 0.1) is 17.5 Å². The first-order valence-corrected chi connectivity index (χ1v) is 12.9. The van der Waals surface area contributed by atoms with Crippen molar-refractivity contribution in [2.24, 2.45) is 0 Å². The summed E-state index contributed by atoms with van der Waals surface area (Å²) in [5, 5.41) is 14.7. The predicted molar refractivity (Wildman–Crippen MR) is 130 cm³/mol. The fraction of sp³-hybridized carbons (Fsp3) is 0.583. The van der Waals surface area contributed by atoms with Gasteiger partial charge in [-0.25, -0.2) is 18.7 Å². The monoisotopic (exact) mass is 561 g/mol. The molecule has 0 spiro atoms. The van der Waals surface area contributed by atoms with E-state index in [-0.39, 0.29) is 27.4 Å². The maximum Gasteiger partial charge on any atom is 0.408 e. The minimum absolute atomic E-state index is 0.0426. The predicted octanol–water partition coefficient (Wildman–Crippen LogP) is 4.39. The lowest BCUT2D eigenvalue weighted by Gasteiger charge is -2.21. The number of carbonyl (C=O) groups is 2. The smallest absolute Gasteiger partial charge is 0.393 e. The van der Waals surface area contributed by atoms with Gasteiger partial charge in [0.15, 0.2) is 5.01 Å². The first kappa shape index (κ1) is 28.1. The van der Waals surface area contributed by atoms with Gasteiger partial charge in [0.2, 0.25) is 0 Å². The van der Waals surface area contributed by atoms with Gasteiger partial charge in [-0.1, -0.05) is 0 Å². The summed E-state index contributed by atoms with van der Waals surface area (Å²) in [5.74, 6) is -4.45. The van der Waals surface area contributed by atoms with Crippen molar-refractivity contribution >= 4 is 29.0 Å². The number of aliphatic hydroxyl groups excluding tert-OH is 1. The molecule has 2 fully saturated rings. The number of carbonyl (C=O) groups excluding carboxylic acids is 2. The van der Waals surface area contributed by atoms with E-state index >= 15 is 0 Å². The third kappa shape index (κ3) is 6.06. The Kier molecular flexibility index (Phi) is 7.67. The average Bonchev–Trinajstić information content (AvgIpc) is 3.49. The summed E-state index contributed by atoms with van der Waals surface area (Å²) in [7, 11) is 0. The van der Waals surface area contributed by atoms with Crippen LogP contribution in [0, 0.1) is 6.92 Å². The highest BCUT2D eigenvalue weighted by atomic mass is 32.1. The zero-order chi connectivity index (χ0) is 28.0. The number of thiazole rings is 1. The number of halogens is 5. The van der Waals surface area contributed by atoms with Crippen LogP contribution in [-0.4, -0.2) is 74.7 Å². The molecule has 4 atom stereocenters. The van der Waals surface area contributed by atoms with Crippen LogP contribution < -0.4 is 10.6 Å². The average molecular weight is 562 g/mol.